The number of phenols is 1. The number of benzene rings is 1. The molecule has 9 heteroatoms. The van der Waals surface area contributed by atoms with Crippen molar-refractivity contribution in [1.82, 2.24) is 4.90 Å². The van der Waals surface area contributed by atoms with E-state index in [2.05, 4.69) is 0 Å². The van der Waals surface area contributed by atoms with Gasteiger partial charge in [0.05, 0.1) is 27.5 Å². The summed E-state index contributed by atoms with van der Waals surface area (Å²) in [6.45, 7) is 0.0336. The van der Waals surface area contributed by atoms with Crippen LogP contribution in [-0.2, 0) is 4.79 Å². The number of amides is 1. The number of aliphatic hydroxyl groups excluding tert-OH is 1. The highest BCUT2D eigenvalue weighted by Gasteiger charge is 2.38. The van der Waals surface area contributed by atoms with Gasteiger partial charge in [0.25, 0.3) is 0 Å². The second-order valence-electron chi connectivity index (χ2n) is 6.46. The standard InChI is InChI=1S/C16H19BN2O6/c17-10-3-9(10)8-1-2-12(13(14(8)21)16(23)24)25-7-4-19(5-7)15(22)11(18)6-20/h1-2,7,9-11,20-21H,3-6,18H2,(H,23,24)/t9?,10?,11-/m0/s1. The molecule has 132 valence electrons. The van der Waals surface area contributed by atoms with Crippen molar-refractivity contribution in [3.63, 3.8) is 0 Å². The third kappa shape index (κ3) is 3.29. The summed E-state index contributed by atoms with van der Waals surface area (Å²) < 4.78 is 5.63. The first kappa shape index (κ1) is 17.6. The van der Waals surface area contributed by atoms with Crippen molar-refractivity contribution in [1.29, 1.82) is 0 Å². The molecule has 1 amide bonds. The number of aromatic hydroxyl groups is 1. The molecule has 8 nitrogen and oxygen atoms in total. The van der Waals surface area contributed by atoms with Gasteiger partial charge in [-0.1, -0.05) is 18.3 Å². The van der Waals surface area contributed by atoms with Crippen LogP contribution in [0.2, 0.25) is 5.82 Å². The molecule has 1 heterocycles. The van der Waals surface area contributed by atoms with Crippen molar-refractivity contribution in [2.24, 2.45) is 5.73 Å². The summed E-state index contributed by atoms with van der Waals surface area (Å²) in [5.41, 5.74) is 5.68. The van der Waals surface area contributed by atoms with Crippen LogP contribution >= 0.6 is 0 Å². The first-order chi connectivity index (χ1) is 11.8. The molecule has 1 aliphatic heterocycles. The molecule has 2 unspecified atom stereocenters. The summed E-state index contributed by atoms with van der Waals surface area (Å²) in [5.74, 6) is -2.06. The molecule has 25 heavy (non-hydrogen) atoms. The molecule has 1 saturated carbocycles. The van der Waals surface area contributed by atoms with E-state index in [-0.39, 0.29) is 47.8 Å². The van der Waals surface area contributed by atoms with Gasteiger partial charge in [0.2, 0.25) is 5.91 Å². The van der Waals surface area contributed by atoms with E-state index in [1.54, 1.807) is 6.07 Å². The average molecular weight is 346 g/mol. The molecule has 1 saturated heterocycles. The lowest BCUT2D eigenvalue weighted by Crippen LogP contribution is -2.60. The minimum atomic E-state index is -1.29. The third-order valence-electron chi connectivity index (χ3n) is 4.59. The molecule has 1 aromatic rings. The number of rotatable bonds is 6. The van der Waals surface area contributed by atoms with Gasteiger partial charge in [-0.15, -0.1) is 0 Å². The maximum atomic E-state index is 11.8. The topological polar surface area (TPSA) is 133 Å². The predicted octanol–water partition coefficient (Wildman–Crippen LogP) is -0.556. The highest BCUT2D eigenvalue weighted by Crippen LogP contribution is 2.54. The van der Waals surface area contributed by atoms with Crippen LogP contribution in [0, 0.1) is 0 Å². The Morgan fingerprint density at radius 1 is 1.40 bits per heavy atom. The molecule has 2 fully saturated rings. The van der Waals surface area contributed by atoms with Gasteiger partial charge in [-0.25, -0.2) is 4.79 Å². The van der Waals surface area contributed by atoms with Crippen molar-refractivity contribution in [2.75, 3.05) is 19.7 Å². The smallest absolute Gasteiger partial charge is 0.343 e. The maximum absolute atomic E-state index is 11.8. The van der Waals surface area contributed by atoms with E-state index in [0.29, 0.717) is 12.0 Å². The molecule has 0 spiro atoms. The summed E-state index contributed by atoms with van der Waals surface area (Å²) in [6.07, 6.45) is 0.304. The fourth-order valence-electron chi connectivity index (χ4n) is 2.95. The van der Waals surface area contributed by atoms with Gasteiger partial charge in [-0.3, -0.25) is 4.79 Å². The van der Waals surface area contributed by atoms with Crippen molar-refractivity contribution in [2.45, 2.75) is 30.3 Å². The molecule has 3 atom stereocenters. The molecular formula is C16H19BN2O6. The van der Waals surface area contributed by atoms with Gasteiger partial charge in [0.15, 0.2) is 0 Å². The van der Waals surface area contributed by atoms with Crippen LogP contribution in [0.25, 0.3) is 0 Å². The second kappa shape index (κ2) is 6.57. The van der Waals surface area contributed by atoms with Crippen molar-refractivity contribution in [3.05, 3.63) is 23.3 Å². The zero-order valence-electron chi connectivity index (χ0n) is 13.5. The molecule has 3 rings (SSSR count). The van der Waals surface area contributed by atoms with Crippen LogP contribution in [0.15, 0.2) is 12.1 Å². The number of hydrogen-bond acceptors (Lipinski definition) is 6. The predicted molar refractivity (Wildman–Crippen MR) is 88.0 cm³/mol. The Morgan fingerprint density at radius 2 is 2.04 bits per heavy atom. The van der Waals surface area contributed by atoms with Gasteiger partial charge in [0.1, 0.15) is 29.2 Å². The molecule has 5 N–H and O–H groups in total. The minimum Gasteiger partial charge on any atom is -0.507 e. The Balaban J connectivity index is 1.70. The number of carbonyl (C=O) groups excluding carboxylic acids is 1. The Kier molecular flexibility index (Phi) is 4.61. The van der Waals surface area contributed by atoms with Gasteiger partial charge >= 0.3 is 5.97 Å². The average Bonchev–Trinajstić information content (AvgIpc) is 3.25. The normalized spacial score (nSPS) is 23.7. The van der Waals surface area contributed by atoms with Crippen LogP contribution in [-0.4, -0.2) is 71.8 Å². The first-order valence-electron chi connectivity index (χ1n) is 8.00. The molecular weight excluding hydrogens is 327 g/mol. The number of aliphatic hydroxyl groups is 1. The zero-order valence-corrected chi connectivity index (χ0v) is 13.5. The number of nitrogens with zero attached hydrogens (tertiary/aromatic N) is 1. The molecule has 1 aromatic carbocycles. The summed E-state index contributed by atoms with van der Waals surface area (Å²) in [7, 11) is 5.77. The van der Waals surface area contributed by atoms with Gasteiger partial charge in [-0.05, 0) is 17.5 Å². The van der Waals surface area contributed by atoms with E-state index in [1.165, 1.54) is 11.0 Å². The first-order valence-corrected chi connectivity index (χ1v) is 8.00. The summed E-state index contributed by atoms with van der Waals surface area (Å²) >= 11 is 0. The molecule has 2 radical (unpaired) electrons. The monoisotopic (exact) mass is 346 g/mol. The van der Waals surface area contributed by atoms with E-state index in [4.69, 9.17) is 23.4 Å². The second-order valence-corrected chi connectivity index (χ2v) is 6.46. The van der Waals surface area contributed by atoms with Crippen LogP contribution in [0.1, 0.15) is 28.3 Å². The Morgan fingerprint density at radius 3 is 2.56 bits per heavy atom. The van der Waals surface area contributed by atoms with Crippen molar-refractivity contribution >= 4 is 19.7 Å². The van der Waals surface area contributed by atoms with E-state index < -0.39 is 24.7 Å². The van der Waals surface area contributed by atoms with Crippen LogP contribution < -0.4 is 10.5 Å². The van der Waals surface area contributed by atoms with E-state index >= 15 is 0 Å². The molecule has 1 aliphatic carbocycles. The lowest BCUT2D eigenvalue weighted by Gasteiger charge is -2.40. The number of aromatic carboxylic acids is 1. The lowest BCUT2D eigenvalue weighted by molar-refractivity contribution is -0.142. The van der Waals surface area contributed by atoms with Crippen molar-refractivity contribution in [3.8, 4) is 11.5 Å². The highest BCUT2D eigenvalue weighted by molar-refractivity contribution is 6.14. The molecule has 0 bridgehead atoms. The minimum absolute atomic E-state index is 0.0380. The Labute approximate surface area is 145 Å². The number of carboxylic acid groups (broad SMARTS) is 1. The van der Waals surface area contributed by atoms with Crippen LogP contribution in [0.5, 0.6) is 11.5 Å². The SMILES string of the molecule is [B]C1CC1c1ccc(OC2CN(C(=O)[C@@H](N)CO)C2)c(C(=O)O)c1O. The van der Waals surface area contributed by atoms with Crippen LogP contribution in [0.3, 0.4) is 0 Å². The maximum Gasteiger partial charge on any atom is 0.343 e. The Bertz CT molecular complexity index is 706. The Hall–Kier alpha value is -2.26. The van der Waals surface area contributed by atoms with Gasteiger partial charge in [0, 0.05) is 0 Å². The zero-order chi connectivity index (χ0) is 18.3. The summed E-state index contributed by atoms with van der Waals surface area (Å²) in [5, 5.41) is 28.6. The van der Waals surface area contributed by atoms with E-state index in [0.717, 1.165) is 0 Å². The van der Waals surface area contributed by atoms with Crippen LogP contribution in [0.4, 0.5) is 0 Å². The van der Waals surface area contributed by atoms with Gasteiger partial charge < -0.3 is 30.7 Å². The number of carbonyl (C=O) groups is 2. The fourth-order valence-corrected chi connectivity index (χ4v) is 2.95. The van der Waals surface area contributed by atoms with E-state index in [1.807, 2.05) is 0 Å². The lowest BCUT2D eigenvalue weighted by atomic mass is 9.95. The largest absolute Gasteiger partial charge is 0.507 e. The number of nitrogens with two attached hydrogens (primary N) is 1. The number of ether oxygens (including phenoxy) is 1. The molecule has 0 aromatic heterocycles. The summed E-state index contributed by atoms with van der Waals surface area (Å²) in [4.78, 5) is 24.7. The van der Waals surface area contributed by atoms with Crippen molar-refractivity contribution < 1.29 is 29.6 Å². The number of likely N-dealkylation sites (tertiary alicyclic amines) is 1. The van der Waals surface area contributed by atoms with E-state index in [9.17, 15) is 19.8 Å². The summed E-state index contributed by atoms with van der Waals surface area (Å²) in [6, 6.07) is 2.16. The molecule has 2 aliphatic rings. The number of hydrogen-bond donors (Lipinski definition) is 4. The number of carboxylic acids is 1. The van der Waals surface area contributed by atoms with Gasteiger partial charge in [-0.2, -0.15) is 0 Å². The highest BCUT2D eigenvalue weighted by atomic mass is 16.5. The third-order valence-corrected chi connectivity index (χ3v) is 4.59. The quantitative estimate of drug-likeness (QED) is 0.508. The fraction of sp³-hybridized carbons (Fsp3) is 0.500.